The number of hydrogen-bond acceptors (Lipinski definition) is 8. The van der Waals surface area contributed by atoms with E-state index in [0.29, 0.717) is 30.8 Å². The van der Waals surface area contributed by atoms with Crippen LogP contribution in [0.1, 0.15) is 49.8 Å². The lowest BCUT2D eigenvalue weighted by atomic mass is 9.78. The Kier molecular flexibility index (Phi) is 7.82. The minimum absolute atomic E-state index is 0.0137. The van der Waals surface area contributed by atoms with Crippen molar-refractivity contribution >= 4 is 40.3 Å². The van der Waals surface area contributed by atoms with Crippen LogP contribution in [-0.4, -0.2) is 67.2 Å². The van der Waals surface area contributed by atoms with Crippen LogP contribution < -0.4 is 11.2 Å². The Morgan fingerprint density at radius 3 is 2.86 bits per heavy atom. The zero-order chi connectivity index (χ0) is 25.9. The van der Waals surface area contributed by atoms with Gasteiger partial charge in [0.25, 0.3) is 5.91 Å². The van der Waals surface area contributed by atoms with Gasteiger partial charge in [-0.2, -0.15) is 5.26 Å². The van der Waals surface area contributed by atoms with Gasteiger partial charge in [-0.05, 0) is 67.3 Å². The van der Waals surface area contributed by atoms with Gasteiger partial charge in [-0.15, -0.1) is 27.8 Å². The molecule has 1 aliphatic carbocycles. The van der Waals surface area contributed by atoms with Gasteiger partial charge < -0.3 is 21.0 Å². The van der Waals surface area contributed by atoms with Crippen LogP contribution in [0.4, 0.5) is 0 Å². The molecule has 4 N–H and O–H groups in total. The molecule has 0 spiro atoms. The predicted octanol–water partition coefficient (Wildman–Crippen LogP) is 2.69. The summed E-state index contributed by atoms with van der Waals surface area (Å²) < 4.78 is 0. The van der Waals surface area contributed by atoms with Crippen molar-refractivity contribution in [3.63, 3.8) is 0 Å². The van der Waals surface area contributed by atoms with E-state index in [1.165, 1.54) is 11.3 Å². The number of carbonyl (C=O) groups excluding carboxylic acids is 2. The van der Waals surface area contributed by atoms with Gasteiger partial charge in [0.1, 0.15) is 11.5 Å². The Balaban J connectivity index is 1.66. The van der Waals surface area contributed by atoms with Gasteiger partial charge in [-0.25, -0.2) is 0 Å². The second-order valence-corrected chi connectivity index (χ2v) is 11.2. The van der Waals surface area contributed by atoms with E-state index in [2.05, 4.69) is 27.8 Å². The molecule has 2 aromatic rings. The number of amides is 2. The molecular weight excluding hydrogens is 496 g/mol. The Labute approximate surface area is 218 Å². The number of likely N-dealkylation sites (tertiary alicyclic amines) is 1. The standard InChI is InChI=1S/C24H30N8O2S2/c1-31(2)22(34)18-12-16-6-5-15-7-11-35-20(15)24(21(16)36-18,23(26)29-30-27)8-9-28-14-19(33)32-10-3-4-17(32)13-25/h7,11-12,17,28H,3-6,8-10,14H2,1-2H3,(H3,26,27,29). The maximum absolute atomic E-state index is 12.8. The summed E-state index contributed by atoms with van der Waals surface area (Å²) in [5.74, 6) is 5.24. The van der Waals surface area contributed by atoms with Gasteiger partial charge in [0.05, 0.1) is 17.5 Å². The van der Waals surface area contributed by atoms with Crippen molar-refractivity contribution in [2.75, 3.05) is 33.7 Å². The highest BCUT2D eigenvalue weighted by Gasteiger charge is 2.46. The van der Waals surface area contributed by atoms with E-state index in [9.17, 15) is 14.9 Å². The van der Waals surface area contributed by atoms with E-state index >= 15 is 0 Å². The molecule has 2 amide bonds. The molecule has 12 heteroatoms. The highest BCUT2D eigenvalue weighted by Crippen LogP contribution is 2.49. The number of nitrogens with two attached hydrogens (primary N) is 1. The molecule has 10 nitrogen and oxygen atoms in total. The quantitative estimate of drug-likeness (QED) is 0.127. The Bertz CT molecular complexity index is 1230. The summed E-state index contributed by atoms with van der Waals surface area (Å²) in [4.78, 5) is 31.2. The maximum Gasteiger partial charge on any atom is 0.263 e. The van der Waals surface area contributed by atoms with Gasteiger partial charge in [-0.1, -0.05) is 5.22 Å². The predicted molar refractivity (Wildman–Crippen MR) is 139 cm³/mol. The van der Waals surface area contributed by atoms with E-state index in [1.54, 1.807) is 35.2 Å². The third kappa shape index (κ3) is 4.66. The first-order chi connectivity index (χ1) is 17.3. The summed E-state index contributed by atoms with van der Waals surface area (Å²) in [6, 6.07) is 5.86. The Morgan fingerprint density at radius 2 is 2.14 bits per heavy atom. The molecule has 1 saturated heterocycles. The number of nitriles is 1. The summed E-state index contributed by atoms with van der Waals surface area (Å²) in [5.41, 5.74) is 1.23. The third-order valence-electron chi connectivity index (χ3n) is 6.85. The summed E-state index contributed by atoms with van der Waals surface area (Å²) >= 11 is 2.96. The molecule has 190 valence electrons. The fraction of sp³-hybridized carbons (Fsp3) is 0.500. The third-order valence-corrected chi connectivity index (χ3v) is 9.29. The number of nitrogens with one attached hydrogen (secondary N) is 2. The van der Waals surface area contributed by atoms with E-state index in [1.807, 2.05) is 11.4 Å². The summed E-state index contributed by atoms with van der Waals surface area (Å²) in [7, 11) is 3.45. The molecule has 0 saturated carbocycles. The van der Waals surface area contributed by atoms with E-state index in [0.717, 1.165) is 40.1 Å². The first kappa shape index (κ1) is 25.9. The van der Waals surface area contributed by atoms with Crippen LogP contribution >= 0.6 is 22.7 Å². The number of nitrogens with zero attached hydrogens (tertiary/aromatic N) is 5. The smallest absolute Gasteiger partial charge is 0.263 e. The first-order valence-corrected chi connectivity index (χ1v) is 13.5. The lowest BCUT2D eigenvalue weighted by Gasteiger charge is -2.32. The van der Waals surface area contributed by atoms with E-state index < -0.39 is 5.41 Å². The Morgan fingerprint density at radius 1 is 1.36 bits per heavy atom. The van der Waals surface area contributed by atoms with Gasteiger partial charge in [-0.3, -0.25) is 15.0 Å². The van der Waals surface area contributed by atoms with E-state index in [4.69, 9.17) is 11.3 Å². The van der Waals surface area contributed by atoms with Crippen LogP contribution in [0.25, 0.3) is 0 Å². The monoisotopic (exact) mass is 526 g/mol. The topological polar surface area (TPSA) is 151 Å². The van der Waals surface area contributed by atoms with Crippen molar-refractivity contribution in [1.82, 2.24) is 15.1 Å². The van der Waals surface area contributed by atoms with Gasteiger partial charge in [0.2, 0.25) is 5.91 Å². The summed E-state index contributed by atoms with van der Waals surface area (Å²) in [6.45, 7) is 1.13. The Hall–Kier alpha value is -3.14. The summed E-state index contributed by atoms with van der Waals surface area (Å²) in [6.07, 6.45) is 3.54. The number of amidine groups is 1. The largest absolute Gasteiger partial charge is 0.344 e. The fourth-order valence-corrected chi connectivity index (χ4v) is 7.77. The normalized spacial score (nSPS) is 21.0. The lowest BCUT2D eigenvalue weighted by Crippen LogP contribution is -2.43. The zero-order valence-electron chi connectivity index (χ0n) is 20.4. The molecule has 2 atom stereocenters. The SMILES string of the molecule is CN(C)C(=O)c1cc2c(s1)C(CCNCC(=O)N1CCCC1C#N)(C(=N)/N=N\N)c1sccc1CC2. The zero-order valence-corrected chi connectivity index (χ0v) is 22.0. The van der Waals surface area contributed by atoms with Gasteiger partial charge in [0.15, 0.2) is 5.84 Å². The number of aryl methyl sites for hydroxylation is 2. The lowest BCUT2D eigenvalue weighted by molar-refractivity contribution is -0.130. The number of fused-ring (bicyclic) bond motifs is 2. The van der Waals surface area contributed by atoms with Crippen molar-refractivity contribution < 1.29 is 9.59 Å². The highest BCUT2D eigenvalue weighted by molar-refractivity contribution is 7.15. The van der Waals surface area contributed by atoms with Crippen molar-refractivity contribution in [3.05, 3.63) is 43.3 Å². The van der Waals surface area contributed by atoms with Gasteiger partial charge >= 0.3 is 0 Å². The molecule has 2 aliphatic rings. The van der Waals surface area contributed by atoms with Crippen LogP contribution in [0.2, 0.25) is 0 Å². The van der Waals surface area contributed by atoms with Crippen molar-refractivity contribution in [2.24, 2.45) is 16.2 Å². The molecular formula is C24H30N8O2S2. The first-order valence-electron chi connectivity index (χ1n) is 11.8. The summed E-state index contributed by atoms with van der Waals surface area (Å²) in [5, 5.41) is 30.9. The number of hydrogen-bond donors (Lipinski definition) is 3. The minimum Gasteiger partial charge on any atom is -0.344 e. The molecule has 0 bridgehead atoms. The average Bonchev–Trinajstić information content (AvgIpc) is 3.61. The minimum atomic E-state index is -0.938. The highest BCUT2D eigenvalue weighted by atomic mass is 32.1. The molecule has 0 radical (unpaired) electrons. The second-order valence-electron chi connectivity index (χ2n) is 9.21. The molecule has 4 rings (SSSR count). The molecule has 1 fully saturated rings. The second kappa shape index (κ2) is 10.9. The van der Waals surface area contributed by atoms with Crippen LogP contribution in [0.15, 0.2) is 27.9 Å². The molecule has 3 heterocycles. The molecule has 1 aliphatic heterocycles. The van der Waals surface area contributed by atoms with Gasteiger partial charge in [0, 0.05) is 30.4 Å². The van der Waals surface area contributed by atoms with Crippen LogP contribution in [0, 0.1) is 16.7 Å². The van der Waals surface area contributed by atoms with Crippen LogP contribution in [-0.2, 0) is 23.1 Å². The molecule has 2 aromatic heterocycles. The van der Waals surface area contributed by atoms with Crippen LogP contribution in [0.5, 0.6) is 0 Å². The van der Waals surface area contributed by atoms with Crippen molar-refractivity contribution in [3.8, 4) is 6.07 Å². The number of carbonyl (C=O) groups is 2. The average molecular weight is 527 g/mol. The maximum atomic E-state index is 12.8. The number of rotatable bonds is 7. The van der Waals surface area contributed by atoms with Crippen molar-refractivity contribution in [2.45, 2.75) is 43.6 Å². The van der Waals surface area contributed by atoms with Crippen molar-refractivity contribution in [1.29, 1.82) is 10.7 Å². The van der Waals surface area contributed by atoms with E-state index in [-0.39, 0.29) is 30.2 Å². The number of thiophene rings is 2. The van der Waals surface area contributed by atoms with Crippen LogP contribution in [0.3, 0.4) is 0 Å². The fourth-order valence-electron chi connectivity index (χ4n) is 5.06. The molecule has 36 heavy (non-hydrogen) atoms. The molecule has 2 unspecified atom stereocenters. The molecule has 0 aromatic carbocycles.